The molecule has 2 saturated carbocycles. The Kier molecular flexibility index (Phi) is 10.3. The van der Waals surface area contributed by atoms with Gasteiger partial charge in [-0.1, -0.05) is 25.0 Å². The Morgan fingerprint density at radius 3 is 1.51 bits per heavy atom. The van der Waals surface area contributed by atoms with Crippen LogP contribution in [0.5, 0.6) is 23.0 Å². The normalized spacial score (nSPS) is 16.8. The van der Waals surface area contributed by atoms with E-state index in [2.05, 4.69) is 32.1 Å². The first-order chi connectivity index (χ1) is 25.7. The largest absolute Gasteiger partial charge is 0.454 e. The average molecular weight is 729 g/mol. The number of alkyl halides is 2. The number of hydrogen-bond acceptors (Lipinski definition) is 12. The number of fused-ring (bicyclic) bond motifs is 2. The summed E-state index contributed by atoms with van der Waals surface area (Å²) in [6, 6.07) is 12.1. The summed E-state index contributed by atoms with van der Waals surface area (Å²) >= 11 is 0. The number of nitrogens with one attached hydrogen (secondary N) is 1. The lowest BCUT2D eigenvalue weighted by Gasteiger charge is -2.42. The number of amides is 1. The number of ketones is 2. The summed E-state index contributed by atoms with van der Waals surface area (Å²) in [6.45, 7) is -0.0372. The van der Waals surface area contributed by atoms with E-state index in [9.17, 15) is 23.2 Å². The molecule has 2 fully saturated rings. The maximum atomic E-state index is 12.2. The van der Waals surface area contributed by atoms with Crippen molar-refractivity contribution in [1.29, 1.82) is 0 Å². The van der Waals surface area contributed by atoms with Crippen LogP contribution in [0.25, 0.3) is 0 Å². The maximum Gasteiger partial charge on any atom is 0.315 e. The Bertz CT molecular complexity index is 1990. The van der Waals surface area contributed by atoms with Crippen molar-refractivity contribution in [3.8, 4) is 23.0 Å². The molecule has 0 spiro atoms. The summed E-state index contributed by atoms with van der Waals surface area (Å²) in [5, 5.41) is 1.88. The second-order valence-electron chi connectivity index (χ2n) is 13.6. The van der Waals surface area contributed by atoms with E-state index >= 15 is 0 Å². The molecule has 2 aromatic carbocycles. The van der Waals surface area contributed by atoms with Gasteiger partial charge in [-0.2, -0.15) is 8.78 Å². The zero-order valence-corrected chi connectivity index (χ0v) is 28.8. The number of nitrogens with zero attached hydrogens (tertiary/aromatic N) is 4. The predicted octanol–water partition coefficient (Wildman–Crippen LogP) is 4.44. The number of aromatic nitrogens is 4. The summed E-state index contributed by atoms with van der Waals surface area (Å²) in [5.74, 6) is 2.28. The zero-order chi connectivity index (χ0) is 37.0. The first-order valence-corrected chi connectivity index (χ1v) is 17.4. The van der Waals surface area contributed by atoms with Crippen LogP contribution in [0, 0.1) is 0 Å². The molecule has 4 heterocycles. The van der Waals surface area contributed by atoms with E-state index in [0.717, 1.165) is 72.9 Å². The van der Waals surface area contributed by atoms with Crippen LogP contribution in [0.1, 0.15) is 82.0 Å². The maximum absolute atomic E-state index is 12.2. The number of hydrogen-bond donors (Lipinski definition) is 2. The molecule has 4 aromatic rings. The van der Waals surface area contributed by atoms with Crippen LogP contribution in [0.3, 0.4) is 0 Å². The first-order valence-electron chi connectivity index (χ1n) is 17.4. The van der Waals surface area contributed by atoms with Gasteiger partial charge in [-0.25, -0.2) is 19.9 Å². The van der Waals surface area contributed by atoms with Crippen molar-refractivity contribution in [3.05, 3.63) is 95.1 Å². The van der Waals surface area contributed by atoms with Crippen molar-refractivity contribution in [2.24, 2.45) is 5.73 Å². The Balaban J connectivity index is 0.000000167. The standard InChI is InChI=1S/C20H19F2N3O4.C18H19N3O3/c21-18(22)19(27)25-10-14(26)12-8-23-17(24-9-12)7-20(4-1-5-20)13-2-3-15-16(6-13)29-11-28-15;19-8-14(22)12-9-20-17(21-10-12)7-18(4-1-5-18)13-2-3-15-16(6-13)24-11-23-15/h2-3,6,8-9,18H,1,4-5,7,10-11H2,(H,25,27);2-3,6,9-10H,1,4-5,7-8,11,19H2. The molecule has 15 heteroatoms. The van der Waals surface area contributed by atoms with Gasteiger partial charge in [0.25, 0.3) is 5.91 Å². The molecule has 53 heavy (non-hydrogen) atoms. The van der Waals surface area contributed by atoms with Gasteiger partial charge in [0.2, 0.25) is 13.6 Å². The van der Waals surface area contributed by atoms with Crippen LogP contribution in [-0.4, -0.2) is 70.5 Å². The summed E-state index contributed by atoms with van der Waals surface area (Å²) in [6.07, 6.45) is 10.6. The van der Waals surface area contributed by atoms with Gasteiger partial charge in [-0.3, -0.25) is 14.4 Å². The van der Waals surface area contributed by atoms with Gasteiger partial charge in [0.05, 0.1) is 24.2 Å². The van der Waals surface area contributed by atoms with Gasteiger partial charge in [0, 0.05) is 48.5 Å². The lowest BCUT2D eigenvalue weighted by atomic mass is 9.62. The molecule has 0 radical (unpaired) electrons. The SMILES string of the molecule is NCC(=O)c1cnc(CC2(c3ccc4c(c3)OCO4)CCC2)nc1.O=C(CNC(=O)C(F)F)c1cnc(CC2(c3ccc4c(c3)OCO4)CCC2)nc1. The van der Waals surface area contributed by atoms with Gasteiger partial charge in [0.15, 0.2) is 34.6 Å². The highest BCUT2D eigenvalue weighted by atomic mass is 19.3. The van der Waals surface area contributed by atoms with E-state index < -0.39 is 24.7 Å². The second kappa shape index (κ2) is 15.2. The van der Waals surface area contributed by atoms with Crippen LogP contribution < -0.4 is 30.0 Å². The number of carbonyl (C=O) groups excluding carboxylic acids is 3. The Labute approximate surface area is 303 Å². The van der Waals surface area contributed by atoms with Gasteiger partial charge < -0.3 is 30.0 Å². The number of carbonyl (C=O) groups is 3. The molecule has 4 aliphatic rings. The quantitative estimate of drug-likeness (QED) is 0.196. The molecular weight excluding hydrogens is 690 g/mol. The predicted molar refractivity (Wildman–Crippen MR) is 184 cm³/mol. The van der Waals surface area contributed by atoms with Crippen LogP contribution in [0.15, 0.2) is 61.2 Å². The fourth-order valence-corrected chi connectivity index (χ4v) is 7.04. The minimum absolute atomic E-state index is 0.0240. The number of benzene rings is 2. The molecule has 2 aliphatic carbocycles. The highest BCUT2D eigenvalue weighted by molar-refractivity contribution is 5.99. The Hall–Kier alpha value is -5.57. The van der Waals surface area contributed by atoms with Gasteiger partial charge in [-0.05, 0) is 61.1 Å². The summed E-state index contributed by atoms with van der Waals surface area (Å²) < 4.78 is 46.1. The zero-order valence-electron chi connectivity index (χ0n) is 28.8. The molecule has 2 aliphatic heterocycles. The summed E-state index contributed by atoms with van der Waals surface area (Å²) in [5.41, 5.74) is 8.33. The molecule has 276 valence electrons. The molecule has 0 saturated heterocycles. The number of nitrogens with two attached hydrogens (primary N) is 1. The van der Waals surface area contributed by atoms with Crippen LogP contribution in [0.2, 0.25) is 0 Å². The van der Waals surface area contributed by atoms with Gasteiger partial charge in [0.1, 0.15) is 11.6 Å². The second-order valence-corrected chi connectivity index (χ2v) is 13.6. The van der Waals surface area contributed by atoms with Crippen molar-refractivity contribution in [2.75, 3.05) is 26.7 Å². The van der Waals surface area contributed by atoms with Crippen molar-refractivity contribution >= 4 is 17.5 Å². The van der Waals surface area contributed by atoms with Crippen LogP contribution in [0.4, 0.5) is 8.78 Å². The first kappa shape index (κ1) is 35.8. The molecule has 13 nitrogen and oxygen atoms in total. The number of Topliss-reactive ketones (excluding diaryl/α,β-unsaturated/α-hetero) is 2. The van der Waals surface area contributed by atoms with Crippen molar-refractivity contribution in [3.63, 3.8) is 0 Å². The highest BCUT2D eigenvalue weighted by Crippen LogP contribution is 2.49. The molecule has 0 unspecified atom stereocenters. The van der Waals surface area contributed by atoms with Crippen LogP contribution >= 0.6 is 0 Å². The molecular formula is C38H38F2N6O7. The number of rotatable bonds is 12. The molecule has 1 amide bonds. The minimum Gasteiger partial charge on any atom is -0.454 e. The van der Waals surface area contributed by atoms with Crippen molar-refractivity contribution in [2.45, 2.75) is 68.6 Å². The lowest BCUT2D eigenvalue weighted by molar-refractivity contribution is -0.131. The van der Waals surface area contributed by atoms with E-state index in [1.54, 1.807) is 12.4 Å². The third-order valence-corrected chi connectivity index (χ3v) is 10.4. The average Bonchev–Trinajstić information content (AvgIpc) is 3.83. The summed E-state index contributed by atoms with van der Waals surface area (Å²) in [7, 11) is 0. The van der Waals surface area contributed by atoms with E-state index in [-0.39, 0.29) is 42.3 Å². The summed E-state index contributed by atoms with van der Waals surface area (Å²) in [4.78, 5) is 51.7. The van der Waals surface area contributed by atoms with E-state index in [0.29, 0.717) is 17.8 Å². The van der Waals surface area contributed by atoms with Crippen molar-refractivity contribution < 1.29 is 42.1 Å². The van der Waals surface area contributed by atoms with Crippen LogP contribution in [-0.2, 0) is 28.5 Å². The molecule has 3 N–H and O–H groups in total. The Morgan fingerprint density at radius 2 is 1.11 bits per heavy atom. The highest BCUT2D eigenvalue weighted by Gasteiger charge is 2.41. The van der Waals surface area contributed by atoms with Crippen molar-refractivity contribution in [1.82, 2.24) is 25.3 Å². The van der Waals surface area contributed by atoms with E-state index in [1.807, 2.05) is 29.6 Å². The molecule has 0 bridgehead atoms. The fraction of sp³-hybridized carbons (Fsp3) is 0.395. The molecule has 2 aromatic heterocycles. The fourth-order valence-electron chi connectivity index (χ4n) is 7.04. The number of ether oxygens (including phenoxy) is 4. The van der Waals surface area contributed by atoms with E-state index in [1.165, 1.54) is 24.4 Å². The third kappa shape index (κ3) is 7.65. The molecule has 8 rings (SSSR count). The lowest BCUT2D eigenvalue weighted by Crippen LogP contribution is -2.37. The Morgan fingerprint density at radius 1 is 0.679 bits per heavy atom. The minimum atomic E-state index is -3.16. The molecule has 0 atom stereocenters. The smallest absolute Gasteiger partial charge is 0.315 e. The third-order valence-electron chi connectivity index (χ3n) is 10.4. The monoisotopic (exact) mass is 728 g/mol. The van der Waals surface area contributed by atoms with Gasteiger partial charge >= 0.3 is 6.43 Å². The van der Waals surface area contributed by atoms with Gasteiger partial charge in [-0.15, -0.1) is 0 Å². The topological polar surface area (TPSA) is 178 Å². The van der Waals surface area contributed by atoms with E-state index in [4.69, 9.17) is 24.7 Å². The number of halogens is 2.